The van der Waals surface area contributed by atoms with E-state index in [4.69, 9.17) is 4.42 Å². The van der Waals surface area contributed by atoms with Crippen molar-refractivity contribution >= 4 is 39.0 Å². The van der Waals surface area contributed by atoms with E-state index in [-0.39, 0.29) is 0 Å². The Morgan fingerprint density at radius 1 is 1.07 bits per heavy atom. The van der Waals surface area contributed by atoms with Gasteiger partial charge in [-0.05, 0) is 42.5 Å². The fourth-order valence-corrected chi connectivity index (χ4v) is 4.18. The Balaban J connectivity index is 1.67. The second-order valence-electron chi connectivity index (χ2n) is 7.60. The number of para-hydroxylation sites is 1. The minimum atomic E-state index is 0.973. The number of benzene rings is 2. The molecule has 0 N–H and O–H groups in total. The Hall–Kier alpha value is -3.00. The molecule has 0 aliphatic heterocycles. The van der Waals surface area contributed by atoms with E-state index in [1.54, 1.807) is 0 Å². The summed E-state index contributed by atoms with van der Waals surface area (Å²) >= 11 is 0. The second-order valence-corrected chi connectivity index (χ2v) is 7.60. The Morgan fingerprint density at radius 2 is 2.00 bits per heavy atom. The van der Waals surface area contributed by atoms with Gasteiger partial charge in [-0.1, -0.05) is 74.1 Å². The molecule has 2 heterocycles. The van der Waals surface area contributed by atoms with Gasteiger partial charge in [-0.25, -0.2) is 0 Å². The summed E-state index contributed by atoms with van der Waals surface area (Å²) in [5.74, 6) is 0. The number of fused-ring (bicyclic) bond motifs is 5. The lowest BCUT2D eigenvalue weighted by Crippen LogP contribution is -1.96. The van der Waals surface area contributed by atoms with Gasteiger partial charge < -0.3 is 8.98 Å². The molecule has 2 nitrogen and oxygen atoms in total. The summed E-state index contributed by atoms with van der Waals surface area (Å²) in [7, 11) is 0. The zero-order valence-corrected chi connectivity index (χ0v) is 16.3. The van der Waals surface area contributed by atoms with Gasteiger partial charge in [0.15, 0.2) is 0 Å². The Morgan fingerprint density at radius 3 is 2.86 bits per heavy atom. The van der Waals surface area contributed by atoms with Crippen molar-refractivity contribution in [2.75, 3.05) is 0 Å². The Bertz CT molecular complexity index is 1250. The van der Waals surface area contributed by atoms with Crippen molar-refractivity contribution in [1.82, 2.24) is 4.57 Å². The number of nitrogens with zero attached hydrogens (tertiary/aromatic N) is 1. The number of aromatic nitrogens is 1. The summed E-state index contributed by atoms with van der Waals surface area (Å²) in [5.41, 5.74) is 5.88. The smallest absolute Gasteiger partial charge is 0.209 e. The average Bonchev–Trinajstić information content (AvgIpc) is 3.26. The highest BCUT2D eigenvalue weighted by Gasteiger charge is 2.17. The summed E-state index contributed by atoms with van der Waals surface area (Å²) in [6.07, 6.45) is 15.7. The molecule has 5 rings (SSSR count). The van der Waals surface area contributed by atoms with Crippen molar-refractivity contribution in [1.29, 1.82) is 0 Å². The number of hydrogen-bond acceptors (Lipinski definition) is 1. The average molecular weight is 367 g/mol. The van der Waals surface area contributed by atoms with Crippen LogP contribution in [-0.2, 0) is 6.54 Å². The minimum Gasteiger partial charge on any atom is -0.439 e. The van der Waals surface area contributed by atoms with Crippen LogP contribution >= 0.6 is 0 Å². The minimum absolute atomic E-state index is 0.973. The molecule has 0 atom stereocenters. The fourth-order valence-electron chi connectivity index (χ4n) is 4.18. The number of furan rings is 1. The first-order valence-corrected chi connectivity index (χ1v) is 10.3. The molecular weight excluding hydrogens is 342 g/mol. The molecule has 0 fully saturated rings. The van der Waals surface area contributed by atoms with Gasteiger partial charge in [0.2, 0.25) is 5.71 Å². The van der Waals surface area contributed by atoms with Crippen molar-refractivity contribution in [3.05, 3.63) is 77.9 Å². The predicted octanol–water partition coefficient (Wildman–Crippen LogP) is 7.63. The topological polar surface area (TPSA) is 18.1 Å². The third-order valence-electron chi connectivity index (χ3n) is 5.68. The number of aryl methyl sites for hydroxylation is 1. The van der Waals surface area contributed by atoms with E-state index in [0.29, 0.717) is 0 Å². The molecule has 0 radical (unpaired) electrons. The molecule has 140 valence electrons. The lowest BCUT2D eigenvalue weighted by molar-refractivity contribution is 0.585. The summed E-state index contributed by atoms with van der Waals surface area (Å²) < 4.78 is 8.66. The van der Waals surface area contributed by atoms with Crippen LogP contribution in [0.1, 0.15) is 38.2 Å². The van der Waals surface area contributed by atoms with Gasteiger partial charge in [0.25, 0.3) is 0 Å². The maximum Gasteiger partial charge on any atom is 0.209 e. The third kappa shape index (κ3) is 2.90. The van der Waals surface area contributed by atoms with Gasteiger partial charge in [0, 0.05) is 17.3 Å². The van der Waals surface area contributed by atoms with Crippen LogP contribution in [0.4, 0.5) is 0 Å². The SMILES string of the molecule is CCCCn1c2cc(/C=C/C3=CC=CCC3)ccc2c2c3ccccc3oc21. The largest absolute Gasteiger partial charge is 0.439 e. The lowest BCUT2D eigenvalue weighted by Gasteiger charge is -2.06. The van der Waals surface area contributed by atoms with Crippen molar-refractivity contribution in [2.24, 2.45) is 0 Å². The molecule has 0 saturated heterocycles. The maximum absolute atomic E-state index is 6.29. The first-order valence-electron chi connectivity index (χ1n) is 10.3. The van der Waals surface area contributed by atoms with E-state index in [2.05, 4.69) is 78.3 Å². The van der Waals surface area contributed by atoms with E-state index in [9.17, 15) is 0 Å². The van der Waals surface area contributed by atoms with Gasteiger partial charge in [0.05, 0.1) is 10.9 Å². The zero-order valence-electron chi connectivity index (χ0n) is 16.3. The predicted molar refractivity (Wildman–Crippen MR) is 120 cm³/mol. The first-order chi connectivity index (χ1) is 13.8. The van der Waals surface area contributed by atoms with Gasteiger partial charge in [-0.2, -0.15) is 0 Å². The maximum atomic E-state index is 6.29. The fraction of sp³-hybridized carbons (Fsp3) is 0.231. The molecular formula is C26H25NO. The summed E-state index contributed by atoms with van der Waals surface area (Å²) in [4.78, 5) is 0. The van der Waals surface area contributed by atoms with E-state index >= 15 is 0 Å². The lowest BCUT2D eigenvalue weighted by atomic mass is 10.0. The van der Waals surface area contributed by atoms with Crippen LogP contribution in [0.15, 0.2) is 76.8 Å². The molecule has 28 heavy (non-hydrogen) atoms. The second kappa shape index (κ2) is 7.20. The van der Waals surface area contributed by atoms with Crippen LogP contribution < -0.4 is 0 Å². The highest BCUT2D eigenvalue weighted by molar-refractivity contribution is 6.19. The molecule has 0 bridgehead atoms. The van der Waals surface area contributed by atoms with Crippen molar-refractivity contribution < 1.29 is 4.42 Å². The zero-order chi connectivity index (χ0) is 18.9. The highest BCUT2D eigenvalue weighted by atomic mass is 16.3. The molecule has 4 aromatic rings. The summed E-state index contributed by atoms with van der Waals surface area (Å²) in [6, 6.07) is 15.2. The van der Waals surface area contributed by atoms with Crippen molar-refractivity contribution in [2.45, 2.75) is 39.2 Å². The quantitative estimate of drug-likeness (QED) is 0.354. The van der Waals surface area contributed by atoms with Gasteiger partial charge in [0.1, 0.15) is 5.58 Å². The number of rotatable bonds is 5. The molecule has 1 aliphatic carbocycles. The standard InChI is InChI=1S/C26H25NO/c1-2-3-17-27-23-18-20(14-13-19-9-5-4-6-10-19)15-16-21(23)25-22-11-7-8-12-24(22)28-26(25)27/h4-5,7-9,11-16,18H,2-3,6,10,17H2,1H3/b14-13+. The number of allylic oxidation sites excluding steroid dienone is 5. The molecule has 0 saturated carbocycles. The van der Waals surface area contributed by atoms with Crippen LogP contribution in [0.25, 0.3) is 39.0 Å². The molecule has 0 unspecified atom stereocenters. The number of unbranched alkanes of at least 4 members (excludes halogenated alkanes) is 1. The highest BCUT2D eigenvalue weighted by Crippen LogP contribution is 2.37. The molecule has 0 amide bonds. The summed E-state index contributed by atoms with van der Waals surface area (Å²) in [6.45, 7) is 3.22. The van der Waals surface area contributed by atoms with Crippen molar-refractivity contribution in [3.63, 3.8) is 0 Å². The van der Waals surface area contributed by atoms with Crippen LogP contribution in [0.2, 0.25) is 0 Å². The van der Waals surface area contributed by atoms with Crippen LogP contribution in [0.3, 0.4) is 0 Å². The number of hydrogen-bond donors (Lipinski definition) is 0. The van der Waals surface area contributed by atoms with Gasteiger partial charge in [-0.3, -0.25) is 0 Å². The molecule has 2 aromatic carbocycles. The van der Waals surface area contributed by atoms with E-state index < -0.39 is 0 Å². The Labute approximate surface area is 165 Å². The van der Waals surface area contributed by atoms with Crippen LogP contribution in [0.5, 0.6) is 0 Å². The van der Waals surface area contributed by atoms with E-state index in [0.717, 1.165) is 37.1 Å². The third-order valence-corrected chi connectivity index (χ3v) is 5.68. The van der Waals surface area contributed by atoms with Crippen LogP contribution in [-0.4, -0.2) is 4.57 Å². The monoisotopic (exact) mass is 367 g/mol. The van der Waals surface area contributed by atoms with Crippen LogP contribution in [0, 0.1) is 0 Å². The normalized spacial score (nSPS) is 14.7. The van der Waals surface area contributed by atoms with Gasteiger partial charge >= 0.3 is 0 Å². The van der Waals surface area contributed by atoms with E-state index in [1.165, 1.54) is 39.2 Å². The molecule has 2 heteroatoms. The molecule has 2 aromatic heterocycles. The van der Waals surface area contributed by atoms with E-state index in [1.807, 2.05) is 6.07 Å². The molecule has 1 aliphatic rings. The molecule has 0 spiro atoms. The first kappa shape index (κ1) is 17.1. The van der Waals surface area contributed by atoms with Gasteiger partial charge in [-0.15, -0.1) is 0 Å². The van der Waals surface area contributed by atoms with Crippen molar-refractivity contribution in [3.8, 4) is 0 Å². The summed E-state index contributed by atoms with van der Waals surface area (Å²) in [5, 5.41) is 3.74. The Kier molecular flexibility index (Phi) is 4.40.